The van der Waals surface area contributed by atoms with Crippen LogP contribution in [0.25, 0.3) is 10.7 Å². The molecule has 0 aliphatic rings. The highest BCUT2D eigenvalue weighted by atomic mass is 32.1. The van der Waals surface area contributed by atoms with Crippen LogP contribution in [0, 0.1) is 19.3 Å². The lowest BCUT2D eigenvalue weighted by atomic mass is 10.1. The number of aromatic nitrogens is 2. The van der Waals surface area contributed by atoms with Gasteiger partial charge in [0, 0.05) is 17.0 Å². The first-order chi connectivity index (χ1) is 12.5. The van der Waals surface area contributed by atoms with Gasteiger partial charge in [0.15, 0.2) is 5.82 Å². The molecule has 0 unspecified atom stereocenters. The minimum absolute atomic E-state index is 0.155. The summed E-state index contributed by atoms with van der Waals surface area (Å²) in [6, 6.07) is 3.97. The largest absolute Gasteiger partial charge is 0.465 e. The fraction of sp³-hybridized carbons (Fsp3) is 0.250. The maximum absolute atomic E-state index is 11.5. The van der Waals surface area contributed by atoms with E-state index < -0.39 is 5.97 Å². The van der Waals surface area contributed by atoms with Crippen molar-refractivity contribution in [1.29, 1.82) is 0 Å². The minimum Gasteiger partial charge on any atom is -0.465 e. The Morgan fingerprint density at radius 1 is 1.42 bits per heavy atom. The highest BCUT2D eigenvalue weighted by Crippen LogP contribution is 2.26. The molecule has 26 heavy (non-hydrogen) atoms. The predicted molar refractivity (Wildman–Crippen MR) is 106 cm³/mol. The monoisotopic (exact) mass is 367 g/mol. The van der Waals surface area contributed by atoms with Gasteiger partial charge in [0.1, 0.15) is 11.4 Å². The highest BCUT2D eigenvalue weighted by Gasteiger charge is 2.12. The number of nitrogens with zero attached hydrogens (tertiary/aromatic N) is 2. The fourth-order valence-electron chi connectivity index (χ4n) is 2.36. The SMILES string of the molecule is C#C/C(=C\C=C(/C)Nc1nc(-c2cccs2)nc(C)c1CC)C(=O)OC. The second kappa shape index (κ2) is 8.97. The predicted octanol–water partition coefficient (Wildman–Crippen LogP) is 4.12. The van der Waals surface area contributed by atoms with E-state index in [-0.39, 0.29) is 5.57 Å². The van der Waals surface area contributed by atoms with Crippen LogP contribution in [0.3, 0.4) is 0 Å². The number of allylic oxidation sites excluding steroid dienone is 3. The second-order valence-corrected chi connectivity index (χ2v) is 6.43. The van der Waals surface area contributed by atoms with Gasteiger partial charge >= 0.3 is 5.97 Å². The molecule has 2 rings (SSSR count). The lowest BCUT2D eigenvalue weighted by molar-refractivity contribution is -0.135. The molecule has 0 fully saturated rings. The van der Waals surface area contributed by atoms with Gasteiger partial charge in [-0.3, -0.25) is 0 Å². The molecular weight excluding hydrogens is 346 g/mol. The molecule has 5 nitrogen and oxygen atoms in total. The Morgan fingerprint density at radius 2 is 2.19 bits per heavy atom. The number of carbonyl (C=O) groups excluding carboxylic acids is 1. The topological polar surface area (TPSA) is 64.1 Å². The van der Waals surface area contributed by atoms with Gasteiger partial charge in [0.25, 0.3) is 0 Å². The summed E-state index contributed by atoms with van der Waals surface area (Å²) < 4.78 is 4.64. The first-order valence-corrected chi connectivity index (χ1v) is 9.00. The van der Waals surface area contributed by atoms with Crippen molar-refractivity contribution in [2.75, 3.05) is 12.4 Å². The van der Waals surface area contributed by atoms with Gasteiger partial charge in [0.2, 0.25) is 0 Å². The highest BCUT2D eigenvalue weighted by molar-refractivity contribution is 7.13. The van der Waals surface area contributed by atoms with Crippen LogP contribution < -0.4 is 5.32 Å². The van der Waals surface area contributed by atoms with E-state index in [1.165, 1.54) is 7.11 Å². The number of ether oxygens (including phenoxy) is 1. The Hall–Kier alpha value is -2.91. The second-order valence-electron chi connectivity index (χ2n) is 5.48. The van der Waals surface area contributed by atoms with E-state index in [0.717, 1.165) is 34.1 Å². The van der Waals surface area contributed by atoms with Gasteiger partial charge in [-0.25, -0.2) is 14.8 Å². The standard InChI is InChI=1S/C20H21N3O2S/c1-6-15(20(24)25-5)11-10-13(3)21-18-16(7-2)14(4)22-19(23-18)17-9-8-12-26-17/h1,8-12H,7H2,2-5H3,(H,21,22,23)/b13-10+,15-11+. The van der Waals surface area contributed by atoms with Crippen LogP contribution in [-0.4, -0.2) is 23.0 Å². The number of hydrogen-bond donors (Lipinski definition) is 1. The number of methoxy groups -OCH3 is 1. The van der Waals surface area contributed by atoms with E-state index in [4.69, 9.17) is 6.42 Å². The van der Waals surface area contributed by atoms with E-state index in [0.29, 0.717) is 5.82 Å². The number of aryl methyl sites for hydroxylation is 1. The third-order valence-corrected chi connectivity index (χ3v) is 4.55. The first-order valence-electron chi connectivity index (χ1n) is 8.12. The summed E-state index contributed by atoms with van der Waals surface area (Å²) in [5.41, 5.74) is 2.94. The number of rotatable bonds is 6. The third-order valence-electron chi connectivity index (χ3n) is 3.69. The molecule has 0 saturated heterocycles. The summed E-state index contributed by atoms with van der Waals surface area (Å²) in [6.45, 7) is 5.92. The quantitative estimate of drug-likeness (QED) is 0.360. The van der Waals surface area contributed by atoms with E-state index in [9.17, 15) is 4.79 Å². The van der Waals surface area contributed by atoms with Gasteiger partial charge in [-0.2, -0.15) is 0 Å². The summed E-state index contributed by atoms with van der Waals surface area (Å²) in [5.74, 6) is 3.23. The van der Waals surface area contributed by atoms with E-state index in [2.05, 4.69) is 32.9 Å². The van der Waals surface area contributed by atoms with Crippen molar-refractivity contribution in [3.05, 3.63) is 52.2 Å². The van der Waals surface area contributed by atoms with Crippen molar-refractivity contribution in [2.24, 2.45) is 0 Å². The Labute approximate surface area is 157 Å². The molecule has 0 aliphatic heterocycles. The fourth-order valence-corrected chi connectivity index (χ4v) is 3.02. The molecule has 0 amide bonds. The number of anilines is 1. The van der Waals surface area contributed by atoms with Crippen molar-refractivity contribution in [1.82, 2.24) is 9.97 Å². The number of thiophene rings is 1. The Bertz CT molecular complexity index is 891. The number of hydrogen-bond acceptors (Lipinski definition) is 6. The van der Waals surface area contributed by atoms with Gasteiger partial charge in [-0.1, -0.05) is 18.9 Å². The average Bonchev–Trinajstić information content (AvgIpc) is 3.16. The number of terminal acetylenes is 1. The smallest absolute Gasteiger partial charge is 0.346 e. The maximum atomic E-state index is 11.5. The molecule has 0 radical (unpaired) electrons. The Morgan fingerprint density at radius 3 is 2.77 bits per heavy atom. The van der Waals surface area contributed by atoms with E-state index >= 15 is 0 Å². The lowest BCUT2D eigenvalue weighted by Gasteiger charge is -2.13. The lowest BCUT2D eigenvalue weighted by Crippen LogP contribution is -2.07. The zero-order chi connectivity index (χ0) is 19.1. The molecule has 2 aromatic heterocycles. The summed E-state index contributed by atoms with van der Waals surface area (Å²) in [6.07, 6.45) is 9.42. The van der Waals surface area contributed by atoms with Crippen LogP contribution in [0.4, 0.5) is 5.82 Å². The normalized spacial score (nSPS) is 11.8. The van der Waals surface area contributed by atoms with Crippen LogP contribution in [0.5, 0.6) is 0 Å². The Kier molecular flexibility index (Phi) is 6.70. The first kappa shape index (κ1) is 19.4. The zero-order valence-electron chi connectivity index (χ0n) is 15.3. The molecule has 0 aromatic carbocycles. The number of nitrogens with one attached hydrogen (secondary N) is 1. The van der Waals surface area contributed by atoms with Gasteiger partial charge in [-0.15, -0.1) is 17.8 Å². The van der Waals surface area contributed by atoms with Crippen molar-refractivity contribution in [2.45, 2.75) is 27.2 Å². The maximum Gasteiger partial charge on any atom is 0.346 e. The van der Waals surface area contributed by atoms with Crippen LogP contribution in [-0.2, 0) is 16.0 Å². The molecule has 6 heteroatoms. The summed E-state index contributed by atoms with van der Waals surface area (Å²) in [5, 5.41) is 5.29. The summed E-state index contributed by atoms with van der Waals surface area (Å²) in [7, 11) is 1.30. The van der Waals surface area contributed by atoms with Crippen LogP contribution >= 0.6 is 11.3 Å². The van der Waals surface area contributed by atoms with Gasteiger partial charge < -0.3 is 10.1 Å². The number of carbonyl (C=O) groups is 1. The molecule has 0 bridgehead atoms. The molecule has 134 valence electrons. The minimum atomic E-state index is -0.538. The summed E-state index contributed by atoms with van der Waals surface area (Å²) >= 11 is 1.60. The van der Waals surface area contributed by atoms with Crippen LogP contribution in [0.1, 0.15) is 25.1 Å². The van der Waals surface area contributed by atoms with Crippen molar-refractivity contribution in [3.8, 4) is 23.0 Å². The molecule has 2 aromatic rings. The van der Waals surface area contributed by atoms with Gasteiger partial charge in [0.05, 0.1) is 12.0 Å². The molecular formula is C20H21N3O2S. The average molecular weight is 367 g/mol. The Balaban J connectivity index is 2.35. The van der Waals surface area contributed by atoms with Crippen molar-refractivity contribution < 1.29 is 9.53 Å². The molecule has 0 aliphatic carbocycles. The molecule has 2 heterocycles. The van der Waals surface area contributed by atoms with Crippen LogP contribution in [0.2, 0.25) is 0 Å². The molecule has 0 saturated carbocycles. The molecule has 0 spiro atoms. The van der Waals surface area contributed by atoms with Crippen molar-refractivity contribution in [3.63, 3.8) is 0 Å². The third kappa shape index (κ3) is 4.58. The zero-order valence-corrected chi connectivity index (χ0v) is 16.1. The van der Waals surface area contributed by atoms with E-state index in [1.807, 2.05) is 31.4 Å². The van der Waals surface area contributed by atoms with Crippen LogP contribution in [0.15, 0.2) is 40.9 Å². The van der Waals surface area contributed by atoms with Crippen molar-refractivity contribution >= 4 is 23.1 Å². The number of esters is 1. The van der Waals surface area contributed by atoms with E-state index in [1.54, 1.807) is 23.5 Å². The summed E-state index contributed by atoms with van der Waals surface area (Å²) in [4.78, 5) is 21.8. The molecule has 1 N–H and O–H groups in total. The van der Waals surface area contributed by atoms with Gasteiger partial charge in [-0.05, 0) is 43.9 Å². The molecule has 0 atom stereocenters.